The van der Waals surface area contributed by atoms with Gasteiger partial charge in [-0.25, -0.2) is 9.37 Å². The van der Waals surface area contributed by atoms with E-state index in [2.05, 4.69) is 53.2 Å². The average Bonchev–Trinajstić information content (AvgIpc) is 3.60. The van der Waals surface area contributed by atoms with Gasteiger partial charge in [0, 0.05) is 54.0 Å². The molecule has 41 heavy (non-hydrogen) atoms. The molecule has 204 valence electrons. The second-order valence-corrected chi connectivity index (χ2v) is 12.3. The van der Waals surface area contributed by atoms with E-state index in [0.29, 0.717) is 34.1 Å². The number of nitrogens with one attached hydrogen (secondary N) is 1. The topological polar surface area (TPSA) is 69.2 Å². The number of fused-ring (bicyclic) bond motifs is 9. The molecule has 5 nitrogen and oxygen atoms in total. The Balaban J connectivity index is 1.16. The number of piperidine rings is 1. The molecule has 0 saturated carbocycles. The molecule has 0 amide bonds. The summed E-state index contributed by atoms with van der Waals surface area (Å²) in [6, 6.07) is 19.5. The van der Waals surface area contributed by atoms with Crippen molar-refractivity contribution in [1.82, 2.24) is 9.97 Å². The van der Waals surface area contributed by atoms with Crippen LogP contribution in [-0.4, -0.2) is 28.2 Å². The van der Waals surface area contributed by atoms with Crippen LogP contribution in [0.25, 0.3) is 42.9 Å². The third-order valence-corrected chi connectivity index (χ3v) is 10.4. The fourth-order valence-electron chi connectivity index (χ4n) is 7.03. The number of thiazole rings is 1. The summed E-state index contributed by atoms with van der Waals surface area (Å²) in [6.45, 7) is 3.67. The van der Waals surface area contributed by atoms with Gasteiger partial charge < -0.3 is 15.0 Å². The summed E-state index contributed by atoms with van der Waals surface area (Å²) in [7, 11) is 0. The minimum Gasteiger partial charge on any atom is -0.383 e. The molecule has 4 aromatic carbocycles. The van der Waals surface area contributed by atoms with E-state index in [-0.39, 0.29) is 5.56 Å². The number of nitrogens with zero attached hydrogens (tertiary/aromatic N) is 2. The molecular formula is C34H28FN3O2S. The average molecular weight is 562 g/mol. The van der Waals surface area contributed by atoms with Crippen molar-refractivity contribution >= 4 is 48.8 Å². The summed E-state index contributed by atoms with van der Waals surface area (Å²) in [5.74, 6) is -0.398. The van der Waals surface area contributed by atoms with Crippen LogP contribution in [0.1, 0.15) is 41.5 Å². The van der Waals surface area contributed by atoms with E-state index in [4.69, 9.17) is 4.98 Å². The van der Waals surface area contributed by atoms with Crippen LogP contribution in [0.2, 0.25) is 0 Å². The van der Waals surface area contributed by atoms with Gasteiger partial charge in [0.25, 0.3) is 5.56 Å². The summed E-state index contributed by atoms with van der Waals surface area (Å²) < 4.78 is 15.1. The van der Waals surface area contributed by atoms with E-state index in [1.807, 2.05) is 6.07 Å². The second kappa shape index (κ2) is 8.96. The fourth-order valence-corrected chi connectivity index (χ4v) is 8.29. The lowest BCUT2D eigenvalue weighted by Crippen LogP contribution is -2.43. The smallest absolute Gasteiger partial charge is 0.256 e. The Kier molecular flexibility index (Phi) is 5.40. The van der Waals surface area contributed by atoms with Gasteiger partial charge in [-0.2, -0.15) is 0 Å². The predicted octanol–water partition coefficient (Wildman–Crippen LogP) is 7.05. The Morgan fingerprint density at radius 3 is 2.68 bits per heavy atom. The Bertz CT molecular complexity index is 2090. The Labute approximate surface area is 239 Å². The Hall–Kier alpha value is -4.07. The number of anilines is 1. The van der Waals surface area contributed by atoms with Crippen molar-refractivity contribution in [2.45, 2.75) is 38.2 Å². The molecule has 2 aromatic heterocycles. The van der Waals surface area contributed by atoms with Crippen LogP contribution in [0.5, 0.6) is 0 Å². The molecular weight excluding hydrogens is 533 g/mol. The molecule has 2 N–H and O–H groups in total. The van der Waals surface area contributed by atoms with Crippen LogP contribution >= 0.6 is 11.3 Å². The lowest BCUT2D eigenvalue weighted by atomic mass is 9.90. The zero-order valence-corrected chi connectivity index (χ0v) is 23.4. The summed E-state index contributed by atoms with van der Waals surface area (Å²) in [5.41, 5.74) is 7.57. The van der Waals surface area contributed by atoms with Crippen LogP contribution in [0.3, 0.4) is 0 Å². The second-order valence-electron chi connectivity index (χ2n) is 11.3. The minimum absolute atomic E-state index is 0.258. The largest absolute Gasteiger partial charge is 0.383 e. The third kappa shape index (κ3) is 3.62. The van der Waals surface area contributed by atoms with Gasteiger partial charge >= 0.3 is 0 Å². The van der Waals surface area contributed by atoms with Gasteiger partial charge in [-0.1, -0.05) is 37.3 Å². The van der Waals surface area contributed by atoms with Gasteiger partial charge in [0.05, 0.1) is 15.6 Å². The molecule has 7 heteroatoms. The SMILES string of the molecule is CCc1c(N2CCC(O)(c3nc4c5ccc(F)cc5c5c(=O)[nH]ccc5c4s3)CC2)ccc2c1Cc1ccccc1-2. The molecule has 0 unspecified atom stereocenters. The molecule has 1 fully saturated rings. The van der Waals surface area contributed by atoms with Crippen LogP contribution in [0.15, 0.2) is 71.7 Å². The zero-order valence-electron chi connectivity index (χ0n) is 22.6. The lowest BCUT2D eigenvalue weighted by molar-refractivity contribution is 0.0117. The van der Waals surface area contributed by atoms with Crippen LogP contribution in [0, 0.1) is 5.82 Å². The highest BCUT2D eigenvalue weighted by Crippen LogP contribution is 2.45. The van der Waals surface area contributed by atoms with Crippen molar-refractivity contribution in [2.24, 2.45) is 0 Å². The van der Waals surface area contributed by atoms with Gasteiger partial charge in [-0.3, -0.25) is 4.79 Å². The molecule has 1 aliphatic carbocycles. The van der Waals surface area contributed by atoms with Gasteiger partial charge in [0.15, 0.2) is 0 Å². The summed E-state index contributed by atoms with van der Waals surface area (Å²) in [6.07, 6.45) is 4.66. The highest BCUT2D eigenvalue weighted by molar-refractivity contribution is 7.19. The number of halogens is 1. The number of aromatic nitrogens is 2. The summed E-state index contributed by atoms with van der Waals surface area (Å²) in [4.78, 5) is 22.9. The standard InChI is InChI=1S/C34H28FN3O2S/c1-2-21-26-17-19-5-3-4-6-22(19)23(26)9-10-28(21)38-15-12-34(40,13-16-38)33-37-30-24-8-7-20(35)18-27(24)29-25(31(30)41-33)11-14-36-32(29)39/h3-11,14,18,40H,2,12-13,15-17H2,1H3,(H,36,39). The van der Waals surface area contributed by atoms with Crippen LogP contribution in [-0.2, 0) is 18.4 Å². The molecule has 6 aromatic rings. The van der Waals surface area contributed by atoms with Crippen molar-refractivity contribution in [2.75, 3.05) is 18.0 Å². The van der Waals surface area contributed by atoms with E-state index < -0.39 is 11.4 Å². The fraction of sp³-hybridized carbons (Fsp3) is 0.235. The van der Waals surface area contributed by atoms with E-state index in [9.17, 15) is 14.3 Å². The van der Waals surface area contributed by atoms with Crippen molar-refractivity contribution < 1.29 is 9.50 Å². The molecule has 3 heterocycles. The first kappa shape index (κ1) is 24.7. The number of rotatable bonds is 3. The van der Waals surface area contributed by atoms with Gasteiger partial charge in [0.1, 0.15) is 16.4 Å². The van der Waals surface area contributed by atoms with Gasteiger partial charge in [0.2, 0.25) is 0 Å². The van der Waals surface area contributed by atoms with E-state index in [1.165, 1.54) is 57.0 Å². The first-order valence-electron chi connectivity index (χ1n) is 14.2. The van der Waals surface area contributed by atoms with Crippen LogP contribution in [0.4, 0.5) is 10.1 Å². The number of hydrogen-bond acceptors (Lipinski definition) is 5. The predicted molar refractivity (Wildman–Crippen MR) is 165 cm³/mol. The van der Waals surface area contributed by atoms with E-state index in [1.54, 1.807) is 12.3 Å². The maximum Gasteiger partial charge on any atom is 0.256 e. The Morgan fingerprint density at radius 2 is 1.85 bits per heavy atom. The zero-order chi connectivity index (χ0) is 27.9. The molecule has 0 atom stereocenters. The van der Waals surface area contributed by atoms with E-state index >= 15 is 0 Å². The number of benzene rings is 4. The van der Waals surface area contributed by atoms with Crippen molar-refractivity contribution in [3.8, 4) is 11.1 Å². The molecule has 8 rings (SSSR count). The van der Waals surface area contributed by atoms with Crippen LogP contribution < -0.4 is 10.5 Å². The lowest BCUT2D eigenvalue weighted by Gasteiger charge is -2.39. The molecule has 0 bridgehead atoms. The van der Waals surface area contributed by atoms with E-state index in [0.717, 1.165) is 41.4 Å². The molecule has 2 aliphatic rings. The maximum absolute atomic E-state index is 14.3. The van der Waals surface area contributed by atoms with Gasteiger partial charge in [-0.15, -0.1) is 11.3 Å². The molecule has 0 radical (unpaired) electrons. The number of aliphatic hydroxyl groups is 1. The molecule has 1 aliphatic heterocycles. The summed E-state index contributed by atoms with van der Waals surface area (Å²) >= 11 is 1.45. The summed E-state index contributed by atoms with van der Waals surface area (Å²) in [5, 5.41) is 15.1. The first-order valence-corrected chi connectivity index (χ1v) is 15.0. The monoisotopic (exact) mass is 561 g/mol. The van der Waals surface area contributed by atoms with Crippen molar-refractivity contribution in [3.63, 3.8) is 0 Å². The Morgan fingerprint density at radius 1 is 1.02 bits per heavy atom. The first-order chi connectivity index (χ1) is 19.9. The molecule has 1 saturated heterocycles. The number of hydrogen-bond donors (Lipinski definition) is 2. The van der Waals surface area contributed by atoms with Crippen molar-refractivity contribution in [3.05, 3.63) is 105 Å². The maximum atomic E-state index is 14.3. The number of pyridine rings is 1. The van der Waals surface area contributed by atoms with Gasteiger partial charge in [-0.05, 0) is 71.0 Å². The quantitative estimate of drug-likeness (QED) is 0.227. The molecule has 0 spiro atoms. The number of aromatic amines is 1. The highest BCUT2D eigenvalue weighted by Gasteiger charge is 2.38. The number of H-pyrrole nitrogens is 1. The minimum atomic E-state index is -1.07. The third-order valence-electron chi connectivity index (χ3n) is 9.10. The highest BCUT2D eigenvalue weighted by atomic mass is 32.1. The van der Waals surface area contributed by atoms with Crippen molar-refractivity contribution in [1.29, 1.82) is 0 Å². The normalized spacial score (nSPS) is 16.0.